The summed E-state index contributed by atoms with van der Waals surface area (Å²) in [5.74, 6) is -1.17. The van der Waals surface area contributed by atoms with Gasteiger partial charge in [-0.3, -0.25) is 4.79 Å². The molecule has 0 saturated carbocycles. The van der Waals surface area contributed by atoms with Crippen molar-refractivity contribution < 1.29 is 18.7 Å². The van der Waals surface area contributed by atoms with E-state index in [1.165, 1.54) is 24.6 Å². The van der Waals surface area contributed by atoms with Crippen LogP contribution in [0.5, 0.6) is 0 Å². The van der Waals surface area contributed by atoms with Gasteiger partial charge in [-0.25, -0.2) is 8.78 Å². The van der Waals surface area contributed by atoms with E-state index in [9.17, 15) is 18.7 Å². The van der Waals surface area contributed by atoms with E-state index in [4.69, 9.17) is 0 Å². The number of rotatable bonds is 11. The molecule has 0 aliphatic carbocycles. The zero-order valence-electron chi connectivity index (χ0n) is 20.5. The first kappa shape index (κ1) is 26.5. The van der Waals surface area contributed by atoms with E-state index in [-0.39, 0.29) is 18.9 Å². The summed E-state index contributed by atoms with van der Waals surface area (Å²) in [6.07, 6.45) is 0.125. The van der Waals surface area contributed by atoms with Gasteiger partial charge in [-0.2, -0.15) is 0 Å². The van der Waals surface area contributed by atoms with Crippen molar-refractivity contribution in [3.8, 4) is 11.1 Å². The van der Waals surface area contributed by atoms with Crippen molar-refractivity contribution in [3.05, 3.63) is 95.1 Å². The van der Waals surface area contributed by atoms with E-state index in [0.29, 0.717) is 18.0 Å². The molecule has 2 atom stereocenters. The number of hydrogen-bond acceptors (Lipinski definition) is 3. The average Bonchev–Trinajstić information content (AvgIpc) is 2.78. The third kappa shape index (κ3) is 8.26. The third-order valence-electron chi connectivity index (χ3n) is 5.80. The number of halogens is 2. The van der Waals surface area contributed by atoms with Crippen LogP contribution in [0.4, 0.5) is 8.78 Å². The van der Waals surface area contributed by atoms with Gasteiger partial charge in [-0.1, -0.05) is 62.4 Å². The Hall–Kier alpha value is -3.09. The Balaban J connectivity index is 1.73. The lowest BCUT2D eigenvalue weighted by atomic mass is 9.94. The van der Waals surface area contributed by atoms with Crippen molar-refractivity contribution in [1.82, 2.24) is 10.6 Å². The Labute approximate surface area is 206 Å². The second-order valence-corrected chi connectivity index (χ2v) is 9.44. The standard InChI is InChI=1S/C29H34F2N2O2/c1-19(2)11-21-9-10-27(23-7-5-4-6-8-23)24(12-21)17-32-18-29(35)28(33-20(3)34)15-22-13-25(30)16-26(31)14-22/h4-10,12-14,16,19,28-29,32,35H,11,15,17-18H2,1-3H3,(H,33,34)/t28?,29-/m1/s1. The van der Waals surface area contributed by atoms with E-state index in [0.717, 1.165) is 29.2 Å². The predicted octanol–water partition coefficient (Wildman–Crippen LogP) is 5.03. The summed E-state index contributed by atoms with van der Waals surface area (Å²) < 4.78 is 27.2. The molecule has 0 aliphatic heterocycles. The van der Waals surface area contributed by atoms with Crippen LogP contribution in [-0.4, -0.2) is 29.7 Å². The minimum absolute atomic E-state index is 0.107. The minimum atomic E-state index is -0.954. The van der Waals surface area contributed by atoms with Crippen LogP contribution in [0.2, 0.25) is 0 Å². The molecule has 35 heavy (non-hydrogen) atoms. The summed E-state index contributed by atoms with van der Waals surface area (Å²) in [5, 5.41) is 16.8. The highest BCUT2D eigenvalue weighted by Gasteiger charge is 2.21. The predicted molar refractivity (Wildman–Crippen MR) is 136 cm³/mol. The van der Waals surface area contributed by atoms with Gasteiger partial charge in [0.25, 0.3) is 0 Å². The van der Waals surface area contributed by atoms with Gasteiger partial charge in [0.15, 0.2) is 0 Å². The highest BCUT2D eigenvalue weighted by molar-refractivity contribution is 5.73. The molecular weight excluding hydrogens is 446 g/mol. The summed E-state index contributed by atoms with van der Waals surface area (Å²) in [4.78, 5) is 11.7. The lowest BCUT2D eigenvalue weighted by Gasteiger charge is -2.24. The second kappa shape index (κ2) is 12.6. The Bertz CT molecular complexity index is 1100. The zero-order chi connectivity index (χ0) is 25.4. The van der Waals surface area contributed by atoms with Crippen LogP contribution in [0, 0.1) is 17.6 Å². The zero-order valence-corrected chi connectivity index (χ0v) is 20.5. The molecule has 3 rings (SSSR count). The molecular formula is C29H34F2N2O2. The largest absolute Gasteiger partial charge is 0.390 e. The van der Waals surface area contributed by atoms with Crippen LogP contribution in [0.15, 0.2) is 66.7 Å². The van der Waals surface area contributed by atoms with Gasteiger partial charge in [0.2, 0.25) is 5.91 Å². The van der Waals surface area contributed by atoms with Crippen LogP contribution in [-0.2, 0) is 24.2 Å². The number of carbonyl (C=O) groups excluding carboxylic acids is 1. The van der Waals surface area contributed by atoms with Gasteiger partial charge < -0.3 is 15.7 Å². The molecule has 0 bridgehead atoms. The van der Waals surface area contributed by atoms with Gasteiger partial charge >= 0.3 is 0 Å². The molecule has 0 aromatic heterocycles. The normalized spacial score (nSPS) is 13.0. The Kier molecular flexibility index (Phi) is 9.52. The summed E-state index contributed by atoms with van der Waals surface area (Å²) >= 11 is 0. The molecule has 0 aliphatic rings. The molecule has 4 nitrogen and oxygen atoms in total. The van der Waals surface area contributed by atoms with Crippen molar-refractivity contribution in [2.45, 2.75) is 52.3 Å². The number of aliphatic hydroxyl groups excluding tert-OH is 1. The average molecular weight is 481 g/mol. The maximum atomic E-state index is 13.6. The van der Waals surface area contributed by atoms with Crippen LogP contribution in [0.25, 0.3) is 11.1 Å². The van der Waals surface area contributed by atoms with Crippen LogP contribution in [0.1, 0.15) is 37.5 Å². The van der Waals surface area contributed by atoms with Crippen molar-refractivity contribution in [3.63, 3.8) is 0 Å². The first-order valence-corrected chi connectivity index (χ1v) is 12.0. The molecule has 1 amide bonds. The first-order valence-electron chi connectivity index (χ1n) is 12.0. The number of benzene rings is 3. The molecule has 0 fully saturated rings. The van der Waals surface area contributed by atoms with E-state index >= 15 is 0 Å². The van der Waals surface area contributed by atoms with Crippen LogP contribution in [0.3, 0.4) is 0 Å². The smallest absolute Gasteiger partial charge is 0.217 e. The van der Waals surface area contributed by atoms with E-state index in [1.807, 2.05) is 18.2 Å². The van der Waals surface area contributed by atoms with E-state index < -0.39 is 23.8 Å². The molecule has 1 unspecified atom stereocenters. The summed E-state index contributed by atoms with van der Waals surface area (Å²) in [6.45, 7) is 6.45. The van der Waals surface area contributed by atoms with E-state index in [1.54, 1.807) is 0 Å². The topological polar surface area (TPSA) is 61.4 Å². The third-order valence-corrected chi connectivity index (χ3v) is 5.80. The lowest BCUT2D eigenvalue weighted by molar-refractivity contribution is -0.120. The highest BCUT2D eigenvalue weighted by atomic mass is 19.1. The SMILES string of the molecule is CC(=O)NC(Cc1cc(F)cc(F)c1)[C@H](O)CNCc1cc(CC(C)C)ccc1-c1ccccc1. The van der Waals surface area contributed by atoms with Crippen molar-refractivity contribution >= 4 is 5.91 Å². The molecule has 3 aromatic carbocycles. The maximum absolute atomic E-state index is 13.6. The fraction of sp³-hybridized carbons (Fsp3) is 0.345. The Morgan fingerprint density at radius 3 is 2.23 bits per heavy atom. The van der Waals surface area contributed by atoms with Crippen molar-refractivity contribution in [2.24, 2.45) is 5.92 Å². The molecule has 186 valence electrons. The quantitative estimate of drug-likeness (QED) is 0.361. The second-order valence-electron chi connectivity index (χ2n) is 9.44. The minimum Gasteiger partial charge on any atom is -0.390 e. The monoisotopic (exact) mass is 480 g/mol. The van der Waals surface area contributed by atoms with E-state index in [2.05, 4.69) is 54.8 Å². The number of amides is 1. The number of carbonyl (C=O) groups is 1. The maximum Gasteiger partial charge on any atom is 0.217 e. The van der Waals surface area contributed by atoms with Gasteiger partial charge in [0, 0.05) is 26.1 Å². The van der Waals surface area contributed by atoms with Crippen molar-refractivity contribution in [2.75, 3.05) is 6.54 Å². The Morgan fingerprint density at radius 2 is 1.60 bits per heavy atom. The number of aliphatic hydroxyl groups is 1. The van der Waals surface area contributed by atoms with Gasteiger partial charge in [0.05, 0.1) is 12.1 Å². The molecule has 0 radical (unpaired) electrons. The van der Waals surface area contributed by atoms with Gasteiger partial charge in [-0.05, 0) is 58.7 Å². The fourth-order valence-electron chi connectivity index (χ4n) is 4.32. The summed E-state index contributed by atoms with van der Waals surface area (Å²) in [7, 11) is 0. The first-order chi connectivity index (χ1) is 16.7. The van der Waals surface area contributed by atoms with Crippen molar-refractivity contribution in [1.29, 1.82) is 0 Å². The van der Waals surface area contributed by atoms with Crippen LogP contribution >= 0.6 is 0 Å². The molecule has 3 N–H and O–H groups in total. The van der Waals surface area contributed by atoms with Gasteiger partial charge in [0.1, 0.15) is 11.6 Å². The molecule has 6 heteroatoms. The number of nitrogens with one attached hydrogen (secondary N) is 2. The molecule has 0 spiro atoms. The fourth-order valence-corrected chi connectivity index (χ4v) is 4.32. The molecule has 0 saturated heterocycles. The van der Waals surface area contributed by atoms with Crippen LogP contribution < -0.4 is 10.6 Å². The highest BCUT2D eigenvalue weighted by Crippen LogP contribution is 2.26. The lowest BCUT2D eigenvalue weighted by Crippen LogP contribution is -2.48. The Morgan fingerprint density at radius 1 is 0.914 bits per heavy atom. The molecule has 0 heterocycles. The summed E-state index contributed by atoms with van der Waals surface area (Å²) in [6, 6.07) is 19.2. The van der Waals surface area contributed by atoms with Gasteiger partial charge in [-0.15, -0.1) is 0 Å². The number of hydrogen-bond donors (Lipinski definition) is 3. The molecule has 3 aromatic rings. The summed E-state index contributed by atoms with van der Waals surface area (Å²) in [5.41, 5.74) is 4.97.